The van der Waals surface area contributed by atoms with E-state index in [9.17, 15) is 4.79 Å². The molecular weight excluding hydrogens is 288 g/mol. The second-order valence-electron chi connectivity index (χ2n) is 5.81. The molecule has 0 aromatic heterocycles. The quantitative estimate of drug-likeness (QED) is 0.773. The number of hydrogen-bond donors (Lipinski definition) is 2. The van der Waals surface area contributed by atoms with Gasteiger partial charge in [-0.1, -0.05) is 32.0 Å². The number of ether oxygens (including phenoxy) is 1. The third kappa shape index (κ3) is 6.43. The van der Waals surface area contributed by atoms with Gasteiger partial charge in [-0.05, 0) is 42.3 Å². The summed E-state index contributed by atoms with van der Waals surface area (Å²) in [5, 5.41) is 6.14. The van der Waals surface area contributed by atoms with E-state index in [0.29, 0.717) is 18.9 Å². The number of benzene rings is 2. The van der Waals surface area contributed by atoms with Gasteiger partial charge in [-0.2, -0.15) is 0 Å². The molecule has 0 aliphatic heterocycles. The summed E-state index contributed by atoms with van der Waals surface area (Å²) in [5.41, 5.74) is 0.974. The van der Waals surface area contributed by atoms with E-state index < -0.39 is 0 Å². The van der Waals surface area contributed by atoms with Crippen LogP contribution in [-0.2, 0) is 4.79 Å². The number of hydrogen-bond acceptors (Lipinski definition) is 3. The Hall–Kier alpha value is -2.49. The lowest BCUT2D eigenvalue weighted by molar-refractivity contribution is -0.120. The van der Waals surface area contributed by atoms with Crippen LogP contribution in [0.5, 0.6) is 11.5 Å². The molecule has 0 saturated carbocycles. The zero-order chi connectivity index (χ0) is 16.5. The molecule has 2 aromatic carbocycles. The molecular formula is C19H24N2O2. The molecule has 2 rings (SSSR count). The van der Waals surface area contributed by atoms with Crippen LogP contribution < -0.4 is 15.4 Å². The maximum atomic E-state index is 11.6. The van der Waals surface area contributed by atoms with Crippen LogP contribution in [0.1, 0.15) is 20.3 Å². The minimum atomic E-state index is 0.0789. The Kier molecular flexibility index (Phi) is 6.48. The average Bonchev–Trinajstić information content (AvgIpc) is 2.55. The molecule has 0 radical (unpaired) electrons. The van der Waals surface area contributed by atoms with E-state index in [-0.39, 0.29) is 5.91 Å². The Morgan fingerprint density at radius 1 is 1.00 bits per heavy atom. The summed E-state index contributed by atoms with van der Waals surface area (Å²) in [6.45, 7) is 5.50. The van der Waals surface area contributed by atoms with Gasteiger partial charge in [0, 0.05) is 25.2 Å². The zero-order valence-corrected chi connectivity index (χ0v) is 13.7. The van der Waals surface area contributed by atoms with Crippen molar-refractivity contribution in [3.8, 4) is 11.5 Å². The van der Waals surface area contributed by atoms with Gasteiger partial charge in [0.05, 0.1) is 0 Å². The number of carbonyl (C=O) groups excluding carboxylic acids is 1. The molecule has 0 spiro atoms. The van der Waals surface area contributed by atoms with Crippen LogP contribution in [0.4, 0.5) is 5.69 Å². The molecule has 0 unspecified atom stereocenters. The van der Waals surface area contributed by atoms with Crippen molar-refractivity contribution in [1.82, 2.24) is 5.32 Å². The second kappa shape index (κ2) is 8.83. The van der Waals surface area contributed by atoms with E-state index in [4.69, 9.17) is 4.74 Å². The molecule has 0 fully saturated rings. The highest BCUT2D eigenvalue weighted by Gasteiger charge is 2.02. The highest BCUT2D eigenvalue weighted by atomic mass is 16.5. The first kappa shape index (κ1) is 16.9. The van der Waals surface area contributed by atoms with Crippen molar-refractivity contribution in [2.75, 3.05) is 18.4 Å². The van der Waals surface area contributed by atoms with E-state index >= 15 is 0 Å². The summed E-state index contributed by atoms with van der Waals surface area (Å²) in [4.78, 5) is 11.6. The third-order valence-corrected chi connectivity index (χ3v) is 3.22. The summed E-state index contributed by atoms with van der Waals surface area (Å²) >= 11 is 0. The van der Waals surface area contributed by atoms with Crippen molar-refractivity contribution in [1.29, 1.82) is 0 Å². The van der Waals surface area contributed by atoms with E-state index in [2.05, 4.69) is 24.5 Å². The lowest BCUT2D eigenvalue weighted by Gasteiger charge is -2.10. The van der Waals surface area contributed by atoms with E-state index in [0.717, 1.165) is 23.7 Å². The predicted molar refractivity (Wildman–Crippen MR) is 93.9 cm³/mol. The van der Waals surface area contributed by atoms with E-state index in [1.54, 1.807) is 0 Å². The number of carbonyl (C=O) groups is 1. The molecule has 0 aliphatic rings. The number of para-hydroxylation sites is 1. The molecule has 0 aliphatic carbocycles. The summed E-state index contributed by atoms with van der Waals surface area (Å²) in [7, 11) is 0. The maximum absolute atomic E-state index is 11.6. The standard InChI is InChI=1S/C19H24N2O2/c1-15(2)14-21-19(22)12-13-20-16-8-10-18(11-9-16)23-17-6-4-3-5-7-17/h3-11,15,20H,12-14H2,1-2H3,(H,21,22). The lowest BCUT2D eigenvalue weighted by atomic mass is 10.2. The van der Waals surface area contributed by atoms with Crippen LogP contribution in [0.3, 0.4) is 0 Å². The monoisotopic (exact) mass is 312 g/mol. The van der Waals surface area contributed by atoms with Gasteiger partial charge in [-0.15, -0.1) is 0 Å². The van der Waals surface area contributed by atoms with Crippen molar-refractivity contribution in [3.05, 3.63) is 54.6 Å². The fourth-order valence-corrected chi connectivity index (χ4v) is 1.99. The average molecular weight is 312 g/mol. The summed E-state index contributed by atoms with van der Waals surface area (Å²) in [6.07, 6.45) is 0.467. The minimum Gasteiger partial charge on any atom is -0.457 e. The highest BCUT2D eigenvalue weighted by molar-refractivity contribution is 5.76. The van der Waals surface area contributed by atoms with E-state index in [1.807, 2.05) is 54.6 Å². The first-order valence-corrected chi connectivity index (χ1v) is 7.97. The van der Waals surface area contributed by atoms with Gasteiger partial charge in [0.15, 0.2) is 0 Å². The number of nitrogens with one attached hydrogen (secondary N) is 2. The first-order chi connectivity index (χ1) is 11.1. The Morgan fingerprint density at radius 2 is 1.65 bits per heavy atom. The fourth-order valence-electron chi connectivity index (χ4n) is 1.99. The topological polar surface area (TPSA) is 50.4 Å². The van der Waals surface area contributed by atoms with Gasteiger partial charge < -0.3 is 15.4 Å². The van der Waals surface area contributed by atoms with Crippen LogP contribution in [0.15, 0.2) is 54.6 Å². The molecule has 0 atom stereocenters. The number of anilines is 1. The molecule has 0 saturated heterocycles. The van der Waals surface area contributed by atoms with Crippen molar-refractivity contribution in [3.63, 3.8) is 0 Å². The minimum absolute atomic E-state index is 0.0789. The van der Waals surface area contributed by atoms with Gasteiger partial charge >= 0.3 is 0 Å². The normalized spacial score (nSPS) is 10.4. The summed E-state index contributed by atoms with van der Waals surface area (Å²) in [5.74, 6) is 2.16. The van der Waals surface area contributed by atoms with Gasteiger partial charge in [0.1, 0.15) is 11.5 Å². The van der Waals surface area contributed by atoms with Crippen molar-refractivity contribution >= 4 is 11.6 Å². The summed E-state index contributed by atoms with van der Waals surface area (Å²) < 4.78 is 5.74. The molecule has 0 bridgehead atoms. The van der Waals surface area contributed by atoms with E-state index in [1.165, 1.54) is 0 Å². The van der Waals surface area contributed by atoms with Gasteiger partial charge in [-0.25, -0.2) is 0 Å². The zero-order valence-electron chi connectivity index (χ0n) is 13.7. The Morgan fingerprint density at radius 3 is 2.30 bits per heavy atom. The highest BCUT2D eigenvalue weighted by Crippen LogP contribution is 2.22. The number of amides is 1. The molecule has 4 nitrogen and oxygen atoms in total. The molecule has 4 heteroatoms. The Balaban J connectivity index is 1.74. The SMILES string of the molecule is CC(C)CNC(=O)CCNc1ccc(Oc2ccccc2)cc1. The number of rotatable bonds is 8. The van der Waals surface area contributed by atoms with Crippen LogP contribution in [0.25, 0.3) is 0 Å². The van der Waals surface area contributed by atoms with Crippen LogP contribution >= 0.6 is 0 Å². The smallest absolute Gasteiger partial charge is 0.221 e. The van der Waals surface area contributed by atoms with Crippen molar-refractivity contribution < 1.29 is 9.53 Å². The first-order valence-electron chi connectivity index (χ1n) is 7.97. The molecule has 23 heavy (non-hydrogen) atoms. The fraction of sp³-hybridized carbons (Fsp3) is 0.316. The van der Waals surface area contributed by atoms with Gasteiger partial charge in [-0.3, -0.25) is 4.79 Å². The molecule has 1 amide bonds. The molecule has 0 heterocycles. The lowest BCUT2D eigenvalue weighted by Crippen LogP contribution is -2.28. The maximum Gasteiger partial charge on any atom is 0.221 e. The van der Waals surface area contributed by atoms with Crippen LogP contribution in [-0.4, -0.2) is 19.0 Å². The molecule has 122 valence electrons. The van der Waals surface area contributed by atoms with Gasteiger partial charge in [0.25, 0.3) is 0 Å². The van der Waals surface area contributed by atoms with Crippen LogP contribution in [0.2, 0.25) is 0 Å². The second-order valence-corrected chi connectivity index (χ2v) is 5.81. The third-order valence-electron chi connectivity index (χ3n) is 3.22. The largest absolute Gasteiger partial charge is 0.457 e. The molecule has 2 aromatic rings. The van der Waals surface area contributed by atoms with Crippen molar-refractivity contribution in [2.45, 2.75) is 20.3 Å². The van der Waals surface area contributed by atoms with Crippen molar-refractivity contribution in [2.24, 2.45) is 5.92 Å². The predicted octanol–water partition coefficient (Wildman–Crippen LogP) is 4.05. The summed E-state index contributed by atoms with van der Waals surface area (Å²) in [6, 6.07) is 17.4. The van der Waals surface area contributed by atoms with Gasteiger partial charge in [0.2, 0.25) is 5.91 Å². The Labute approximate surface area is 137 Å². The van der Waals surface area contributed by atoms with Crippen LogP contribution in [0, 0.1) is 5.92 Å². The Bertz CT molecular complexity index is 595. The molecule has 2 N–H and O–H groups in total.